The molecule has 1 fully saturated rings. The number of rotatable bonds is 5. The van der Waals surface area contributed by atoms with Crippen molar-refractivity contribution < 1.29 is 9.90 Å². The summed E-state index contributed by atoms with van der Waals surface area (Å²) in [6.07, 6.45) is 4.58. The van der Waals surface area contributed by atoms with Crippen LogP contribution in [0.15, 0.2) is 24.3 Å². The lowest BCUT2D eigenvalue weighted by atomic mass is 9.85. The highest BCUT2D eigenvalue weighted by Crippen LogP contribution is 2.38. The van der Waals surface area contributed by atoms with Gasteiger partial charge in [-0.15, -0.1) is 12.4 Å². The molecule has 4 N–H and O–H groups in total. The van der Waals surface area contributed by atoms with Crippen molar-refractivity contribution in [1.29, 1.82) is 0 Å². The van der Waals surface area contributed by atoms with Gasteiger partial charge in [-0.05, 0) is 37.0 Å². The topological polar surface area (TPSA) is 75.4 Å². The maximum absolute atomic E-state index is 12.3. The van der Waals surface area contributed by atoms with Crippen LogP contribution in [0.1, 0.15) is 31.2 Å². The molecule has 112 valence electrons. The van der Waals surface area contributed by atoms with E-state index >= 15 is 0 Å². The van der Waals surface area contributed by atoms with E-state index in [1.807, 2.05) is 24.3 Å². The number of carbonyl (C=O) groups is 1. The number of halogens is 1. The van der Waals surface area contributed by atoms with E-state index < -0.39 is 0 Å². The van der Waals surface area contributed by atoms with E-state index in [1.165, 1.54) is 0 Å². The van der Waals surface area contributed by atoms with Crippen LogP contribution < -0.4 is 11.1 Å². The molecule has 0 heterocycles. The Morgan fingerprint density at radius 1 is 1.25 bits per heavy atom. The Balaban J connectivity index is 0.00000200. The molecule has 1 amide bonds. The van der Waals surface area contributed by atoms with Crippen LogP contribution in [0.4, 0.5) is 5.69 Å². The van der Waals surface area contributed by atoms with E-state index in [1.54, 1.807) is 0 Å². The second-order valence-electron chi connectivity index (χ2n) is 5.32. The predicted octanol–water partition coefficient (Wildman–Crippen LogP) is 2.10. The quantitative estimate of drug-likeness (QED) is 0.779. The van der Waals surface area contributed by atoms with Crippen molar-refractivity contribution in [3.8, 4) is 0 Å². The maximum Gasteiger partial charge on any atom is 0.231 e. The smallest absolute Gasteiger partial charge is 0.231 e. The molecule has 0 unspecified atom stereocenters. The fourth-order valence-corrected chi connectivity index (χ4v) is 2.72. The van der Waals surface area contributed by atoms with Gasteiger partial charge < -0.3 is 16.2 Å². The van der Waals surface area contributed by atoms with Gasteiger partial charge in [-0.25, -0.2) is 0 Å². The number of hydrogen-bond acceptors (Lipinski definition) is 3. The highest BCUT2D eigenvalue weighted by molar-refractivity contribution is 5.95. The first kappa shape index (κ1) is 17.0. The predicted molar refractivity (Wildman–Crippen MR) is 83.1 cm³/mol. The van der Waals surface area contributed by atoms with Crippen molar-refractivity contribution >= 4 is 24.0 Å². The van der Waals surface area contributed by atoms with Gasteiger partial charge in [0, 0.05) is 18.8 Å². The standard InChI is InChI=1S/C15H22N2O2.ClH/c16-11-15(8-1-2-9-15)14(19)17-13-5-3-12(4-6-13)7-10-18;/h3-6,18H,1-2,7-11,16H2,(H,17,19);1H. The summed E-state index contributed by atoms with van der Waals surface area (Å²) in [5, 5.41) is 11.8. The summed E-state index contributed by atoms with van der Waals surface area (Å²) in [5.74, 6) is 0.0439. The average molecular weight is 299 g/mol. The maximum atomic E-state index is 12.3. The Morgan fingerprint density at radius 3 is 2.35 bits per heavy atom. The van der Waals surface area contributed by atoms with Crippen molar-refractivity contribution in [3.63, 3.8) is 0 Å². The molecular formula is C15H23ClN2O2. The number of carbonyl (C=O) groups excluding carboxylic acids is 1. The molecule has 1 aromatic rings. The van der Waals surface area contributed by atoms with Crippen molar-refractivity contribution in [3.05, 3.63) is 29.8 Å². The minimum atomic E-state index is -0.371. The number of nitrogens with one attached hydrogen (secondary N) is 1. The average Bonchev–Trinajstić information content (AvgIpc) is 2.91. The van der Waals surface area contributed by atoms with Gasteiger partial charge in [0.1, 0.15) is 0 Å². The molecule has 1 aliphatic rings. The molecule has 0 spiro atoms. The zero-order chi connectivity index (χ0) is 13.7. The summed E-state index contributed by atoms with van der Waals surface area (Å²) in [6.45, 7) is 0.559. The molecule has 2 rings (SSSR count). The molecule has 0 aliphatic heterocycles. The van der Waals surface area contributed by atoms with Gasteiger partial charge in [-0.1, -0.05) is 25.0 Å². The van der Waals surface area contributed by atoms with Crippen LogP contribution in [-0.2, 0) is 11.2 Å². The molecule has 0 atom stereocenters. The minimum absolute atomic E-state index is 0. The van der Waals surface area contributed by atoms with Gasteiger partial charge in [-0.2, -0.15) is 0 Å². The zero-order valence-electron chi connectivity index (χ0n) is 11.6. The van der Waals surface area contributed by atoms with E-state index in [2.05, 4.69) is 5.32 Å². The molecule has 1 saturated carbocycles. The Hall–Kier alpha value is -1.10. The molecule has 0 aromatic heterocycles. The molecule has 0 radical (unpaired) electrons. The largest absolute Gasteiger partial charge is 0.396 e. The lowest BCUT2D eigenvalue weighted by molar-refractivity contribution is -0.124. The van der Waals surface area contributed by atoms with E-state index in [9.17, 15) is 4.79 Å². The summed E-state index contributed by atoms with van der Waals surface area (Å²) < 4.78 is 0. The Kier molecular flexibility index (Phi) is 6.46. The minimum Gasteiger partial charge on any atom is -0.396 e. The summed E-state index contributed by atoms with van der Waals surface area (Å²) in [5.41, 5.74) is 7.29. The van der Waals surface area contributed by atoms with Crippen LogP contribution in [-0.4, -0.2) is 24.2 Å². The van der Waals surface area contributed by atoms with E-state index in [0.717, 1.165) is 36.9 Å². The monoisotopic (exact) mass is 298 g/mol. The number of benzene rings is 1. The molecule has 5 heteroatoms. The number of aliphatic hydroxyl groups excluding tert-OH is 1. The van der Waals surface area contributed by atoms with E-state index in [0.29, 0.717) is 13.0 Å². The summed E-state index contributed by atoms with van der Waals surface area (Å²) in [4.78, 5) is 12.3. The van der Waals surface area contributed by atoms with Crippen LogP contribution in [0.3, 0.4) is 0 Å². The Labute approximate surface area is 126 Å². The van der Waals surface area contributed by atoms with Gasteiger partial charge in [0.2, 0.25) is 5.91 Å². The molecule has 1 aliphatic carbocycles. The van der Waals surface area contributed by atoms with E-state index in [-0.39, 0.29) is 30.3 Å². The summed E-state index contributed by atoms with van der Waals surface area (Å²) >= 11 is 0. The van der Waals surface area contributed by atoms with Crippen LogP contribution >= 0.6 is 12.4 Å². The fourth-order valence-electron chi connectivity index (χ4n) is 2.72. The van der Waals surface area contributed by atoms with Crippen molar-refractivity contribution in [2.45, 2.75) is 32.1 Å². The van der Waals surface area contributed by atoms with Gasteiger partial charge in [-0.3, -0.25) is 4.79 Å². The molecular weight excluding hydrogens is 276 g/mol. The number of aliphatic hydroxyl groups is 1. The zero-order valence-corrected chi connectivity index (χ0v) is 12.4. The first-order valence-electron chi connectivity index (χ1n) is 6.91. The van der Waals surface area contributed by atoms with Crippen molar-refractivity contribution in [2.75, 3.05) is 18.5 Å². The Morgan fingerprint density at radius 2 is 1.85 bits per heavy atom. The lowest BCUT2D eigenvalue weighted by Gasteiger charge is -2.25. The van der Waals surface area contributed by atoms with Gasteiger partial charge in [0.25, 0.3) is 0 Å². The second-order valence-corrected chi connectivity index (χ2v) is 5.32. The summed E-state index contributed by atoms with van der Waals surface area (Å²) in [6, 6.07) is 7.61. The normalized spacial score (nSPS) is 16.5. The number of nitrogens with two attached hydrogens (primary N) is 1. The van der Waals surface area contributed by atoms with Gasteiger partial charge in [0.15, 0.2) is 0 Å². The third kappa shape index (κ3) is 3.72. The highest BCUT2D eigenvalue weighted by atomic mass is 35.5. The van der Waals surface area contributed by atoms with Crippen molar-refractivity contribution in [1.82, 2.24) is 0 Å². The first-order chi connectivity index (χ1) is 9.20. The third-order valence-corrected chi connectivity index (χ3v) is 4.05. The van der Waals surface area contributed by atoms with E-state index in [4.69, 9.17) is 10.8 Å². The van der Waals surface area contributed by atoms with Crippen molar-refractivity contribution in [2.24, 2.45) is 11.1 Å². The third-order valence-electron chi connectivity index (χ3n) is 4.05. The number of hydrogen-bond donors (Lipinski definition) is 3. The first-order valence-corrected chi connectivity index (χ1v) is 6.91. The number of amides is 1. The highest BCUT2D eigenvalue weighted by Gasteiger charge is 2.39. The molecule has 0 saturated heterocycles. The molecule has 0 bridgehead atoms. The van der Waals surface area contributed by atoms with Gasteiger partial charge in [0.05, 0.1) is 5.41 Å². The SMILES string of the molecule is Cl.NCC1(C(=O)Nc2ccc(CCO)cc2)CCCC1. The second kappa shape index (κ2) is 7.62. The van der Waals surface area contributed by atoms with Crippen LogP contribution in [0, 0.1) is 5.41 Å². The molecule has 1 aromatic carbocycles. The number of anilines is 1. The lowest BCUT2D eigenvalue weighted by Crippen LogP contribution is -2.40. The molecule has 4 nitrogen and oxygen atoms in total. The van der Waals surface area contributed by atoms with Crippen LogP contribution in [0.2, 0.25) is 0 Å². The van der Waals surface area contributed by atoms with Gasteiger partial charge >= 0.3 is 0 Å². The molecule has 20 heavy (non-hydrogen) atoms. The Bertz CT molecular complexity index is 428. The fraction of sp³-hybridized carbons (Fsp3) is 0.533. The van der Waals surface area contributed by atoms with Crippen LogP contribution in [0.5, 0.6) is 0 Å². The van der Waals surface area contributed by atoms with Crippen LogP contribution in [0.25, 0.3) is 0 Å². The summed E-state index contributed by atoms with van der Waals surface area (Å²) in [7, 11) is 0.